The molecule has 0 radical (unpaired) electrons. The van der Waals surface area contributed by atoms with E-state index in [1.54, 1.807) is 0 Å². The number of para-hydroxylation sites is 1. The molecule has 0 fully saturated rings. The van der Waals surface area contributed by atoms with Gasteiger partial charge in [0, 0.05) is 5.56 Å². The molecule has 0 saturated heterocycles. The summed E-state index contributed by atoms with van der Waals surface area (Å²) in [7, 11) is 0. The van der Waals surface area contributed by atoms with Gasteiger partial charge in [-0.05, 0) is 29.5 Å². The maximum atomic E-state index is 10.4. The van der Waals surface area contributed by atoms with Crippen LogP contribution in [0.5, 0.6) is 5.75 Å². The minimum atomic E-state index is 0.443. The summed E-state index contributed by atoms with van der Waals surface area (Å²) < 4.78 is 0. The van der Waals surface area contributed by atoms with E-state index in [9.17, 15) is 5.11 Å². The second kappa shape index (κ2) is 6.42. The highest BCUT2D eigenvalue weighted by Gasteiger charge is 2.08. The lowest BCUT2D eigenvalue weighted by molar-refractivity contribution is 0.469. The minimum Gasteiger partial charge on any atom is -0.507 e. The standard InChI is InChI=1S/C18H22O/c1-3-7-14-9-5-11-16(13-14)17-12-6-10-15(8-4-2)18(17)19/h5-6,9-13,19H,3-4,7-8H2,1-2H3. The summed E-state index contributed by atoms with van der Waals surface area (Å²) in [5, 5.41) is 10.4. The fraction of sp³-hybridized carbons (Fsp3) is 0.333. The van der Waals surface area contributed by atoms with Crippen molar-refractivity contribution < 1.29 is 5.11 Å². The molecule has 0 aliphatic rings. The zero-order chi connectivity index (χ0) is 13.7. The number of rotatable bonds is 5. The van der Waals surface area contributed by atoms with Gasteiger partial charge in [-0.25, -0.2) is 0 Å². The lowest BCUT2D eigenvalue weighted by atomic mass is 9.97. The summed E-state index contributed by atoms with van der Waals surface area (Å²) >= 11 is 0. The quantitative estimate of drug-likeness (QED) is 0.799. The third-order valence-electron chi connectivity index (χ3n) is 3.42. The van der Waals surface area contributed by atoms with Crippen LogP contribution in [0.15, 0.2) is 42.5 Å². The fourth-order valence-electron chi connectivity index (χ4n) is 2.48. The monoisotopic (exact) mass is 254 g/mol. The van der Waals surface area contributed by atoms with Gasteiger partial charge in [-0.15, -0.1) is 0 Å². The van der Waals surface area contributed by atoms with Crippen molar-refractivity contribution in [3.05, 3.63) is 53.6 Å². The van der Waals surface area contributed by atoms with Crippen LogP contribution in [0.3, 0.4) is 0 Å². The topological polar surface area (TPSA) is 20.2 Å². The Kier molecular flexibility index (Phi) is 4.62. The Labute approximate surface area is 115 Å². The smallest absolute Gasteiger partial charge is 0.126 e. The molecule has 2 rings (SSSR count). The van der Waals surface area contributed by atoms with Crippen molar-refractivity contribution in [1.29, 1.82) is 0 Å². The van der Waals surface area contributed by atoms with Gasteiger partial charge < -0.3 is 5.11 Å². The highest BCUT2D eigenvalue weighted by molar-refractivity contribution is 5.72. The lowest BCUT2D eigenvalue weighted by Crippen LogP contribution is -1.89. The maximum absolute atomic E-state index is 10.4. The second-order valence-corrected chi connectivity index (χ2v) is 5.01. The van der Waals surface area contributed by atoms with Crippen LogP contribution in [0.4, 0.5) is 0 Å². The van der Waals surface area contributed by atoms with E-state index in [1.165, 1.54) is 5.56 Å². The van der Waals surface area contributed by atoms with Gasteiger partial charge >= 0.3 is 0 Å². The van der Waals surface area contributed by atoms with Crippen molar-refractivity contribution in [2.75, 3.05) is 0 Å². The second-order valence-electron chi connectivity index (χ2n) is 5.01. The van der Waals surface area contributed by atoms with E-state index in [4.69, 9.17) is 0 Å². The highest BCUT2D eigenvalue weighted by Crippen LogP contribution is 2.33. The molecule has 0 atom stereocenters. The molecule has 2 aromatic rings. The Balaban J connectivity index is 2.41. The molecule has 0 aromatic heterocycles. The number of aromatic hydroxyl groups is 1. The largest absolute Gasteiger partial charge is 0.507 e. The van der Waals surface area contributed by atoms with Crippen LogP contribution in [0.25, 0.3) is 11.1 Å². The van der Waals surface area contributed by atoms with Gasteiger partial charge in [-0.2, -0.15) is 0 Å². The third-order valence-corrected chi connectivity index (χ3v) is 3.42. The molecule has 0 heterocycles. The SMILES string of the molecule is CCCc1cccc(-c2cccc(CCC)c2O)c1. The normalized spacial score (nSPS) is 10.6. The molecule has 0 unspecified atom stereocenters. The number of hydrogen-bond acceptors (Lipinski definition) is 1. The summed E-state index contributed by atoms with van der Waals surface area (Å²) in [6.45, 7) is 4.32. The zero-order valence-electron chi connectivity index (χ0n) is 11.8. The molecule has 1 N–H and O–H groups in total. The van der Waals surface area contributed by atoms with Gasteiger partial charge in [0.25, 0.3) is 0 Å². The molecular weight excluding hydrogens is 232 g/mol. The van der Waals surface area contributed by atoms with Gasteiger partial charge in [0.15, 0.2) is 0 Å². The van der Waals surface area contributed by atoms with Crippen LogP contribution in [-0.4, -0.2) is 5.11 Å². The summed E-state index contributed by atoms with van der Waals surface area (Å²) in [5.74, 6) is 0.443. The van der Waals surface area contributed by atoms with Crippen LogP contribution in [0.1, 0.15) is 37.8 Å². The lowest BCUT2D eigenvalue weighted by Gasteiger charge is -2.10. The van der Waals surface area contributed by atoms with Crippen LogP contribution in [0.2, 0.25) is 0 Å². The maximum Gasteiger partial charge on any atom is 0.126 e. The van der Waals surface area contributed by atoms with E-state index in [0.717, 1.165) is 42.4 Å². The number of benzene rings is 2. The van der Waals surface area contributed by atoms with Crippen molar-refractivity contribution >= 4 is 0 Å². The number of hydrogen-bond donors (Lipinski definition) is 1. The average molecular weight is 254 g/mol. The Morgan fingerprint density at radius 1 is 0.895 bits per heavy atom. The van der Waals surface area contributed by atoms with E-state index in [-0.39, 0.29) is 0 Å². The van der Waals surface area contributed by atoms with E-state index >= 15 is 0 Å². The van der Waals surface area contributed by atoms with Crippen LogP contribution < -0.4 is 0 Å². The summed E-state index contributed by atoms with van der Waals surface area (Å²) in [6, 6.07) is 14.5. The molecule has 100 valence electrons. The molecule has 0 bridgehead atoms. The van der Waals surface area contributed by atoms with Gasteiger partial charge in [-0.3, -0.25) is 0 Å². The molecule has 0 saturated carbocycles. The number of phenols is 1. The van der Waals surface area contributed by atoms with Crippen molar-refractivity contribution in [2.45, 2.75) is 39.5 Å². The van der Waals surface area contributed by atoms with E-state index in [1.807, 2.05) is 18.2 Å². The Morgan fingerprint density at radius 2 is 1.63 bits per heavy atom. The van der Waals surface area contributed by atoms with Crippen molar-refractivity contribution in [3.8, 4) is 16.9 Å². The van der Waals surface area contributed by atoms with Gasteiger partial charge in [0.2, 0.25) is 0 Å². The van der Waals surface area contributed by atoms with Gasteiger partial charge in [-0.1, -0.05) is 69.2 Å². The van der Waals surface area contributed by atoms with Crippen molar-refractivity contribution in [2.24, 2.45) is 0 Å². The van der Waals surface area contributed by atoms with Crippen LogP contribution in [-0.2, 0) is 12.8 Å². The van der Waals surface area contributed by atoms with Crippen LogP contribution >= 0.6 is 0 Å². The Hall–Kier alpha value is -1.76. The summed E-state index contributed by atoms with van der Waals surface area (Å²) in [4.78, 5) is 0. The van der Waals surface area contributed by atoms with Gasteiger partial charge in [0.05, 0.1) is 0 Å². The Morgan fingerprint density at radius 3 is 2.37 bits per heavy atom. The predicted molar refractivity (Wildman–Crippen MR) is 81.5 cm³/mol. The minimum absolute atomic E-state index is 0.443. The molecule has 0 amide bonds. The molecule has 1 heteroatoms. The fourth-order valence-corrected chi connectivity index (χ4v) is 2.48. The number of phenolic OH excluding ortho intramolecular Hbond substituents is 1. The Bertz CT molecular complexity index is 543. The highest BCUT2D eigenvalue weighted by atomic mass is 16.3. The van der Waals surface area contributed by atoms with E-state index < -0.39 is 0 Å². The summed E-state index contributed by atoms with van der Waals surface area (Å²) in [6.07, 6.45) is 4.20. The zero-order valence-corrected chi connectivity index (χ0v) is 11.8. The van der Waals surface area contributed by atoms with E-state index in [2.05, 4.69) is 38.1 Å². The first-order valence-corrected chi connectivity index (χ1v) is 7.16. The predicted octanol–water partition coefficient (Wildman–Crippen LogP) is 4.96. The van der Waals surface area contributed by atoms with Crippen LogP contribution in [0, 0.1) is 0 Å². The molecular formula is C18H22O. The molecule has 0 aliphatic carbocycles. The third kappa shape index (κ3) is 3.17. The molecule has 2 aromatic carbocycles. The van der Waals surface area contributed by atoms with Crippen molar-refractivity contribution in [3.63, 3.8) is 0 Å². The summed E-state index contributed by atoms with van der Waals surface area (Å²) in [5.41, 5.74) is 4.44. The van der Waals surface area contributed by atoms with E-state index in [0.29, 0.717) is 5.75 Å². The number of aryl methyl sites for hydroxylation is 2. The van der Waals surface area contributed by atoms with Crippen molar-refractivity contribution in [1.82, 2.24) is 0 Å². The molecule has 1 nitrogen and oxygen atoms in total. The first-order valence-electron chi connectivity index (χ1n) is 7.16. The molecule has 0 aliphatic heterocycles. The molecule has 0 spiro atoms. The molecule has 19 heavy (non-hydrogen) atoms. The first-order chi connectivity index (χ1) is 9.26. The first kappa shape index (κ1) is 13.7. The average Bonchev–Trinajstić information content (AvgIpc) is 2.42. The van der Waals surface area contributed by atoms with Gasteiger partial charge in [0.1, 0.15) is 5.75 Å².